The summed E-state index contributed by atoms with van der Waals surface area (Å²) in [6.07, 6.45) is 5.57. The molecule has 2 saturated carbocycles. The predicted molar refractivity (Wildman–Crippen MR) is 135 cm³/mol. The normalized spacial score (nSPS) is 16.8. The number of aromatic nitrogens is 1. The highest BCUT2D eigenvalue weighted by atomic mass is 16.6. The summed E-state index contributed by atoms with van der Waals surface area (Å²) in [5.74, 6) is 1.44. The molecule has 0 bridgehead atoms. The number of fused-ring (bicyclic) bond motifs is 1. The molecule has 1 aromatic heterocycles. The largest absolute Gasteiger partial charge is 0.494 e. The highest BCUT2D eigenvalue weighted by molar-refractivity contribution is 6.58. The average molecular weight is 443 g/mol. The number of amides is 1. The Morgan fingerprint density at radius 3 is 2.52 bits per heavy atom. The topological polar surface area (TPSA) is 52.5 Å². The summed E-state index contributed by atoms with van der Waals surface area (Å²) in [6.45, 7) is 6.75. The van der Waals surface area contributed by atoms with E-state index in [1.165, 1.54) is 41.3 Å². The van der Waals surface area contributed by atoms with E-state index in [1.807, 2.05) is 26.0 Å². The number of nitrogens with zero attached hydrogens (tertiary/aromatic N) is 1. The summed E-state index contributed by atoms with van der Waals surface area (Å²) < 4.78 is 13.8. The lowest BCUT2D eigenvalue weighted by molar-refractivity contribution is 0.108. The Morgan fingerprint density at radius 1 is 1.15 bits per heavy atom. The van der Waals surface area contributed by atoms with Crippen LogP contribution < -0.4 is 15.5 Å². The van der Waals surface area contributed by atoms with Gasteiger partial charge in [-0.3, -0.25) is 5.32 Å². The molecule has 0 saturated heterocycles. The van der Waals surface area contributed by atoms with Crippen LogP contribution >= 0.6 is 0 Å². The van der Waals surface area contributed by atoms with E-state index in [0.717, 1.165) is 29.8 Å². The first-order valence-corrected chi connectivity index (χ1v) is 12.3. The molecular weight excluding hydrogens is 411 g/mol. The molecule has 1 radical (unpaired) electrons. The molecule has 171 valence electrons. The number of ether oxygens (including phenoxy) is 2. The molecule has 1 amide bonds. The van der Waals surface area contributed by atoms with Crippen LogP contribution in [0.5, 0.6) is 5.75 Å². The van der Waals surface area contributed by atoms with E-state index in [4.69, 9.17) is 9.47 Å². The Balaban J connectivity index is 1.47. The second-order valence-electron chi connectivity index (χ2n) is 9.27. The van der Waals surface area contributed by atoms with Crippen molar-refractivity contribution in [3.8, 4) is 17.0 Å². The molecular formula is C27H32BN2O3. The summed E-state index contributed by atoms with van der Waals surface area (Å²) in [6, 6.07) is 15.1. The summed E-state index contributed by atoms with van der Waals surface area (Å²) in [7, 11) is 2.20. The van der Waals surface area contributed by atoms with Gasteiger partial charge in [0.1, 0.15) is 11.9 Å². The number of carbonyl (C=O) groups is 1. The maximum atomic E-state index is 12.2. The monoisotopic (exact) mass is 443 g/mol. The van der Waals surface area contributed by atoms with Crippen LogP contribution in [0.15, 0.2) is 42.5 Å². The van der Waals surface area contributed by atoms with Gasteiger partial charge in [-0.25, -0.2) is 4.79 Å². The van der Waals surface area contributed by atoms with Crippen molar-refractivity contribution in [1.82, 2.24) is 4.57 Å². The van der Waals surface area contributed by atoms with Crippen LogP contribution in [-0.4, -0.2) is 30.7 Å². The van der Waals surface area contributed by atoms with Crippen LogP contribution in [0.25, 0.3) is 22.2 Å². The van der Waals surface area contributed by atoms with Gasteiger partial charge in [0, 0.05) is 23.5 Å². The molecule has 2 aliphatic rings. The van der Waals surface area contributed by atoms with Crippen LogP contribution in [0.4, 0.5) is 10.5 Å². The number of rotatable bonds is 8. The average Bonchev–Trinajstić information content (AvgIpc) is 3.57. The standard InChI is InChI=1S/C27H32BN2O3/c1-4-32-22-14-15-23-24(16-22)30(21-6-5-7-21)26(25(23)28-3)19-10-12-20(13-11-19)29-27(31)33-17(2)18-8-9-18/h10-18,21H,4-9H2,1-3H3,(H,29,31). The Hall–Kier alpha value is -2.89. The lowest BCUT2D eigenvalue weighted by atomic mass is 9.70. The van der Waals surface area contributed by atoms with Gasteiger partial charge in [-0.1, -0.05) is 24.4 Å². The fourth-order valence-electron chi connectivity index (χ4n) is 4.87. The molecule has 2 aromatic carbocycles. The minimum absolute atomic E-state index is 0.0216. The number of benzene rings is 2. The number of carbonyl (C=O) groups excluding carboxylic acids is 1. The maximum Gasteiger partial charge on any atom is 0.411 e. The summed E-state index contributed by atoms with van der Waals surface area (Å²) in [5, 5.41) is 4.13. The maximum absolute atomic E-state index is 12.2. The molecule has 1 atom stereocenters. The van der Waals surface area contributed by atoms with Crippen molar-refractivity contribution >= 4 is 35.4 Å². The molecule has 3 aromatic rings. The first-order valence-electron chi connectivity index (χ1n) is 12.3. The molecule has 1 heterocycles. The molecule has 1 unspecified atom stereocenters. The van der Waals surface area contributed by atoms with Crippen molar-refractivity contribution in [3.05, 3.63) is 42.5 Å². The molecule has 33 heavy (non-hydrogen) atoms. The summed E-state index contributed by atoms with van der Waals surface area (Å²) in [4.78, 5) is 12.2. The van der Waals surface area contributed by atoms with Crippen molar-refractivity contribution in [1.29, 1.82) is 0 Å². The molecule has 2 aliphatic carbocycles. The third kappa shape index (κ3) is 4.35. The van der Waals surface area contributed by atoms with E-state index in [1.54, 1.807) is 0 Å². The molecule has 6 heteroatoms. The fraction of sp³-hybridized carbons (Fsp3) is 0.444. The smallest absolute Gasteiger partial charge is 0.411 e. The van der Waals surface area contributed by atoms with E-state index >= 15 is 0 Å². The van der Waals surface area contributed by atoms with E-state index in [9.17, 15) is 4.79 Å². The molecule has 2 fully saturated rings. The number of nitrogens with one attached hydrogen (secondary N) is 1. The van der Waals surface area contributed by atoms with Gasteiger partial charge in [-0.2, -0.15) is 0 Å². The van der Waals surface area contributed by atoms with Crippen molar-refractivity contribution in [2.45, 2.75) is 64.9 Å². The molecule has 1 N–H and O–H groups in total. The van der Waals surface area contributed by atoms with Gasteiger partial charge in [0.2, 0.25) is 0 Å². The van der Waals surface area contributed by atoms with Crippen molar-refractivity contribution in [3.63, 3.8) is 0 Å². The quantitative estimate of drug-likeness (QED) is 0.425. The third-order valence-electron chi connectivity index (χ3n) is 7.04. The Kier molecular flexibility index (Phi) is 6.09. The summed E-state index contributed by atoms with van der Waals surface area (Å²) >= 11 is 0. The van der Waals surface area contributed by atoms with Crippen LogP contribution in [0.1, 0.15) is 52.0 Å². The minimum atomic E-state index is -0.378. The van der Waals surface area contributed by atoms with Gasteiger partial charge in [-0.15, -0.1) is 0 Å². The number of anilines is 1. The zero-order valence-electron chi connectivity index (χ0n) is 19.8. The van der Waals surface area contributed by atoms with E-state index in [-0.39, 0.29) is 12.2 Å². The first-order chi connectivity index (χ1) is 16.1. The lowest BCUT2D eigenvalue weighted by Crippen LogP contribution is -2.22. The van der Waals surface area contributed by atoms with Gasteiger partial charge in [-0.05, 0) is 87.1 Å². The van der Waals surface area contributed by atoms with Crippen LogP contribution in [0.2, 0.25) is 6.82 Å². The van der Waals surface area contributed by atoms with E-state index in [0.29, 0.717) is 18.6 Å². The Morgan fingerprint density at radius 2 is 1.91 bits per heavy atom. The third-order valence-corrected chi connectivity index (χ3v) is 7.04. The van der Waals surface area contributed by atoms with Crippen molar-refractivity contribution in [2.75, 3.05) is 11.9 Å². The van der Waals surface area contributed by atoms with E-state index in [2.05, 4.69) is 54.3 Å². The van der Waals surface area contributed by atoms with Crippen LogP contribution in [0.3, 0.4) is 0 Å². The highest BCUT2D eigenvalue weighted by Crippen LogP contribution is 2.40. The van der Waals surface area contributed by atoms with Crippen LogP contribution in [-0.2, 0) is 4.74 Å². The van der Waals surface area contributed by atoms with Crippen molar-refractivity contribution < 1.29 is 14.3 Å². The van der Waals surface area contributed by atoms with E-state index < -0.39 is 0 Å². The fourth-order valence-corrected chi connectivity index (χ4v) is 4.87. The Bertz CT molecular complexity index is 1150. The SMILES string of the molecule is C[B]c1c(-c2ccc(NC(=O)OC(C)C3CC3)cc2)n(C2CCC2)c2cc(OCC)ccc12. The number of hydrogen-bond acceptors (Lipinski definition) is 3. The second-order valence-corrected chi connectivity index (χ2v) is 9.27. The van der Waals surface area contributed by atoms with Gasteiger partial charge in [0.25, 0.3) is 0 Å². The first kappa shape index (κ1) is 21.9. The highest BCUT2D eigenvalue weighted by Gasteiger charge is 2.31. The zero-order chi connectivity index (χ0) is 22.9. The molecule has 5 nitrogen and oxygen atoms in total. The summed E-state index contributed by atoms with van der Waals surface area (Å²) in [5.41, 5.74) is 5.61. The molecule has 0 aliphatic heterocycles. The lowest BCUT2D eigenvalue weighted by Gasteiger charge is -2.30. The van der Waals surface area contributed by atoms with Crippen molar-refractivity contribution in [2.24, 2.45) is 5.92 Å². The van der Waals surface area contributed by atoms with Gasteiger partial charge in [0.15, 0.2) is 7.28 Å². The van der Waals surface area contributed by atoms with Crippen LogP contribution in [0, 0.1) is 5.92 Å². The van der Waals surface area contributed by atoms with Gasteiger partial charge >= 0.3 is 6.09 Å². The minimum Gasteiger partial charge on any atom is -0.494 e. The van der Waals surface area contributed by atoms with Gasteiger partial charge < -0.3 is 14.0 Å². The zero-order valence-corrected chi connectivity index (χ0v) is 19.8. The molecule has 5 rings (SSSR count). The van der Waals surface area contributed by atoms with Gasteiger partial charge in [0.05, 0.1) is 12.1 Å². The predicted octanol–water partition coefficient (Wildman–Crippen LogP) is 6.16. The Labute approximate surface area is 196 Å². The second kappa shape index (κ2) is 9.16. The molecule has 0 spiro atoms. The number of hydrogen-bond donors (Lipinski definition) is 1.